The van der Waals surface area contributed by atoms with E-state index in [9.17, 15) is 4.79 Å². The number of aryl methyl sites for hydroxylation is 1. The third-order valence-corrected chi connectivity index (χ3v) is 5.39. The average Bonchev–Trinajstić information content (AvgIpc) is 2.53. The van der Waals surface area contributed by atoms with Crippen LogP contribution in [0.1, 0.15) is 51.7 Å². The van der Waals surface area contributed by atoms with Crippen LogP contribution in [0.3, 0.4) is 0 Å². The monoisotopic (exact) mass is 352 g/mol. The molecule has 0 bridgehead atoms. The first-order chi connectivity index (χ1) is 10.9. The van der Waals surface area contributed by atoms with Gasteiger partial charge in [0.25, 0.3) is 0 Å². The molecule has 0 spiro atoms. The lowest BCUT2D eigenvalue weighted by Crippen LogP contribution is -3.00. The largest absolute Gasteiger partial charge is 1.00 e. The van der Waals surface area contributed by atoms with Crippen molar-refractivity contribution >= 4 is 5.97 Å². The van der Waals surface area contributed by atoms with Gasteiger partial charge in [-0.3, -0.25) is 4.79 Å². The van der Waals surface area contributed by atoms with Crippen LogP contribution in [0.2, 0.25) is 0 Å². The molecule has 1 aliphatic heterocycles. The third kappa shape index (κ3) is 4.73. The van der Waals surface area contributed by atoms with Gasteiger partial charge >= 0.3 is 5.97 Å². The standard InChI is InChI=1S/C20H31NO2.ClH/c1-6-17-8-10-18(11-9-17)13-20(23-19(22)7-2)12-16(4)21(5)14-15(20)3;/h8-11,15-16H,6-7,12-14H2,1-5H3;1H/p-1. The zero-order valence-corrected chi connectivity index (χ0v) is 16.4. The molecule has 3 unspecified atom stereocenters. The highest BCUT2D eigenvalue weighted by Crippen LogP contribution is 2.37. The Bertz CT molecular complexity index is 531. The first-order valence-corrected chi connectivity index (χ1v) is 8.90. The van der Waals surface area contributed by atoms with Crippen LogP contribution in [0.4, 0.5) is 0 Å². The number of ether oxygens (including phenoxy) is 1. The summed E-state index contributed by atoms with van der Waals surface area (Å²) in [6, 6.07) is 9.18. The van der Waals surface area contributed by atoms with Crippen molar-refractivity contribution in [3.8, 4) is 0 Å². The Morgan fingerprint density at radius 3 is 2.33 bits per heavy atom. The predicted octanol–water partition coefficient (Wildman–Crippen LogP) is 0.848. The van der Waals surface area contributed by atoms with E-state index in [0.29, 0.717) is 18.4 Å². The molecule has 3 atom stereocenters. The van der Waals surface area contributed by atoms with Gasteiger partial charge in [0, 0.05) is 37.8 Å². The second-order valence-electron chi connectivity index (χ2n) is 7.13. The topological polar surface area (TPSA) is 29.5 Å². The van der Waals surface area contributed by atoms with Crippen LogP contribution in [-0.2, 0) is 22.4 Å². The Morgan fingerprint density at radius 1 is 1.21 bits per heavy atom. The molecule has 3 nitrogen and oxygen atoms in total. The summed E-state index contributed by atoms with van der Waals surface area (Å²) in [5, 5.41) is 0. The van der Waals surface area contributed by atoms with Gasteiger partial charge in [-0.2, -0.15) is 0 Å². The van der Waals surface area contributed by atoms with Gasteiger partial charge in [-0.25, -0.2) is 0 Å². The van der Waals surface area contributed by atoms with Crippen LogP contribution < -0.4 is 12.4 Å². The molecule has 24 heavy (non-hydrogen) atoms. The van der Waals surface area contributed by atoms with E-state index in [4.69, 9.17) is 4.74 Å². The summed E-state index contributed by atoms with van der Waals surface area (Å²) >= 11 is 0. The van der Waals surface area contributed by atoms with Gasteiger partial charge in [-0.05, 0) is 31.5 Å². The highest BCUT2D eigenvalue weighted by Gasteiger charge is 2.45. The molecule has 1 aromatic carbocycles. The lowest BCUT2D eigenvalue weighted by molar-refractivity contribution is -0.174. The molecule has 1 fully saturated rings. The average molecular weight is 353 g/mol. The maximum Gasteiger partial charge on any atom is 0.306 e. The third-order valence-electron chi connectivity index (χ3n) is 5.39. The van der Waals surface area contributed by atoms with Crippen LogP contribution in [0.15, 0.2) is 24.3 Å². The van der Waals surface area contributed by atoms with Crippen molar-refractivity contribution in [2.24, 2.45) is 5.92 Å². The van der Waals surface area contributed by atoms with E-state index < -0.39 is 0 Å². The Morgan fingerprint density at radius 2 is 1.79 bits per heavy atom. The number of carbonyl (C=O) groups excluding carboxylic acids is 1. The molecule has 0 aliphatic carbocycles. The number of hydrogen-bond acceptors (Lipinski definition) is 3. The van der Waals surface area contributed by atoms with Crippen LogP contribution >= 0.6 is 0 Å². The van der Waals surface area contributed by atoms with E-state index >= 15 is 0 Å². The molecule has 0 aromatic heterocycles. The Kier molecular flexibility index (Phi) is 7.75. The van der Waals surface area contributed by atoms with E-state index in [2.05, 4.69) is 57.0 Å². The molecule has 2 rings (SSSR count). The van der Waals surface area contributed by atoms with Crippen molar-refractivity contribution in [1.82, 2.24) is 4.90 Å². The normalized spacial score (nSPS) is 27.4. The van der Waals surface area contributed by atoms with Crippen molar-refractivity contribution in [2.45, 2.75) is 65.0 Å². The number of rotatable bonds is 5. The predicted molar refractivity (Wildman–Crippen MR) is 94.5 cm³/mol. The number of halogens is 1. The van der Waals surface area contributed by atoms with Gasteiger partial charge in [0.15, 0.2) is 0 Å². The van der Waals surface area contributed by atoms with Crippen LogP contribution in [0.25, 0.3) is 0 Å². The lowest BCUT2D eigenvalue weighted by atomic mass is 9.75. The molecule has 1 heterocycles. The molecule has 0 radical (unpaired) electrons. The van der Waals surface area contributed by atoms with E-state index in [-0.39, 0.29) is 24.0 Å². The number of benzene rings is 1. The van der Waals surface area contributed by atoms with Crippen molar-refractivity contribution in [3.63, 3.8) is 0 Å². The molecule has 0 amide bonds. The number of hydrogen-bond donors (Lipinski definition) is 0. The minimum Gasteiger partial charge on any atom is -1.00 e. The molecular weight excluding hydrogens is 322 g/mol. The van der Waals surface area contributed by atoms with Gasteiger partial charge in [-0.1, -0.05) is 45.0 Å². The van der Waals surface area contributed by atoms with Crippen LogP contribution in [0, 0.1) is 5.92 Å². The maximum atomic E-state index is 12.1. The first-order valence-electron chi connectivity index (χ1n) is 8.90. The van der Waals surface area contributed by atoms with Gasteiger partial charge in [-0.15, -0.1) is 0 Å². The number of piperidine rings is 1. The summed E-state index contributed by atoms with van der Waals surface area (Å²) in [5.74, 6) is 0.240. The second kappa shape index (κ2) is 8.87. The zero-order chi connectivity index (χ0) is 17.0. The van der Waals surface area contributed by atoms with E-state index in [1.54, 1.807) is 0 Å². The van der Waals surface area contributed by atoms with Crippen molar-refractivity contribution in [1.29, 1.82) is 0 Å². The molecule has 1 aromatic rings. The number of likely N-dealkylation sites (tertiary alicyclic amines) is 1. The SMILES string of the molecule is CCC(=O)OC1(Cc2ccc(CC)cc2)CC(C)N(C)CC1C.[Cl-]. The Labute approximate surface area is 153 Å². The van der Waals surface area contributed by atoms with Crippen molar-refractivity contribution in [2.75, 3.05) is 13.6 Å². The quantitative estimate of drug-likeness (QED) is 0.736. The van der Waals surface area contributed by atoms with Gasteiger partial charge in [0.1, 0.15) is 5.60 Å². The summed E-state index contributed by atoms with van der Waals surface area (Å²) in [5.41, 5.74) is 2.22. The minimum atomic E-state index is -0.382. The smallest absolute Gasteiger partial charge is 0.306 e. The second-order valence-corrected chi connectivity index (χ2v) is 7.13. The minimum absolute atomic E-state index is 0. The van der Waals surface area contributed by atoms with Crippen molar-refractivity contribution in [3.05, 3.63) is 35.4 Å². The highest BCUT2D eigenvalue weighted by atomic mass is 35.5. The maximum absolute atomic E-state index is 12.1. The van der Waals surface area contributed by atoms with Gasteiger partial charge < -0.3 is 22.0 Å². The summed E-state index contributed by atoms with van der Waals surface area (Å²) in [6.07, 6.45) is 3.19. The lowest BCUT2D eigenvalue weighted by Gasteiger charge is -2.48. The molecule has 1 saturated heterocycles. The number of nitrogens with zero attached hydrogens (tertiary/aromatic N) is 1. The first kappa shape index (κ1) is 21.0. The molecular formula is C20H31ClNO2-. The van der Waals surface area contributed by atoms with Crippen LogP contribution in [-0.4, -0.2) is 36.1 Å². The fraction of sp³-hybridized carbons (Fsp3) is 0.650. The van der Waals surface area contributed by atoms with Crippen molar-refractivity contribution < 1.29 is 21.9 Å². The number of esters is 1. The van der Waals surface area contributed by atoms with E-state index in [1.165, 1.54) is 11.1 Å². The van der Waals surface area contributed by atoms with Crippen LogP contribution in [0.5, 0.6) is 0 Å². The fourth-order valence-corrected chi connectivity index (χ4v) is 3.60. The Hall–Kier alpha value is -1.06. The number of carbonyl (C=O) groups is 1. The molecule has 136 valence electrons. The van der Waals surface area contributed by atoms with Gasteiger partial charge in [0.05, 0.1) is 0 Å². The Balaban J connectivity index is 0.00000288. The summed E-state index contributed by atoms with van der Waals surface area (Å²) in [4.78, 5) is 14.4. The summed E-state index contributed by atoms with van der Waals surface area (Å²) < 4.78 is 6.05. The molecule has 0 saturated carbocycles. The molecule has 4 heteroatoms. The molecule has 0 N–H and O–H groups in total. The van der Waals surface area contributed by atoms with E-state index in [0.717, 1.165) is 25.8 Å². The molecule has 1 aliphatic rings. The summed E-state index contributed by atoms with van der Waals surface area (Å²) in [6.45, 7) is 9.44. The van der Waals surface area contributed by atoms with Gasteiger partial charge in [0.2, 0.25) is 0 Å². The summed E-state index contributed by atoms with van der Waals surface area (Å²) in [7, 11) is 2.16. The fourth-order valence-electron chi connectivity index (χ4n) is 3.60. The highest BCUT2D eigenvalue weighted by molar-refractivity contribution is 5.69. The van der Waals surface area contributed by atoms with E-state index in [1.807, 2.05) is 6.92 Å². The zero-order valence-electron chi connectivity index (χ0n) is 15.6.